The van der Waals surface area contributed by atoms with Crippen LogP contribution in [0.5, 0.6) is 0 Å². The van der Waals surface area contributed by atoms with Crippen molar-refractivity contribution in [1.29, 1.82) is 0 Å². The molecule has 0 fully saturated rings. The highest BCUT2D eigenvalue weighted by molar-refractivity contribution is 7.20. The second kappa shape index (κ2) is 6.84. The molecule has 0 unspecified atom stereocenters. The molecule has 124 valence electrons. The van der Waals surface area contributed by atoms with Crippen LogP contribution in [0.3, 0.4) is 0 Å². The summed E-state index contributed by atoms with van der Waals surface area (Å²) in [5.74, 6) is -0.787. The zero-order chi connectivity index (χ0) is 17.3. The van der Waals surface area contributed by atoms with Crippen molar-refractivity contribution in [3.63, 3.8) is 0 Å². The van der Waals surface area contributed by atoms with Gasteiger partial charge in [-0.15, -0.1) is 34.0 Å². The summed E-state index contributed by atoms with van der Waals surface area (Å²) in [6, 6.07) is 3.91. The Bertz CT molecular complexity index is 894. The SMILES string of the molecule is COC(=O)c1c(NC(=O)c2csc(-c3cccs3)n2)sc(C)c1C. The van der Waals surface area contributed by atoms with E-state index in [9.17, 15) is 9.59 Å². The normalized spacial score (nSPS) is 10.6. The lowest BCUT2D eigenvalue weighted by Gasteiger charge is -2.04. The number of anilines is 1. The number of thiophene rings is 2. The number of esters is 1. The lowest BCUT2D eigenvalue weighted by molar-refractivity contribution is 0.0601. The number of amides is 1. The molecule has 1 amide bonds. The van der Waals surface area contributed by atoms with Crippen LogP contribution in [0.1, 0.15) is 31.3 Å². The molecule has 0 atom stereocenters. The zero-order valence-corrected chi connectivity index (χ0v) is 15.7. The van der Waals surface area contributed by atoms with Crippen LogP contribution in [0.4, 0.5) is 5.00 Å². The average Bonchev–Trinajstić information content (AvgIpc) is 3.28. The Balaban J connectivity index is 1.86. The molecule has 3 heterocycles. The third-order valence-corrected chi connectivity index (χ3v) is 6.47. The summed E-state index contributed by atoms with van der Waals surface area (Å²) in [6.45, 7) is 3.74. The van der Waals surface area contributed by atoms with E-state index in [2.05, 4.69) is 10.3 Å². The fraction of sp³-hybridized carbons (Fsp3) is 0.188. The summed E-state index contributed by atoms with van der Waals surface area (Å²) >= 11 is 4.35. The predicted octanol–water partition coefficient (Wildman–Crippen LogP) is 4.59. The summed E-state index contributed by atoms with van der Waals surface area (Å²) in [7, 11) is 1.33. The molecular formula is C16H14N2O3S3. The van der Waals surface area contributed by atoms with Gasteiger partial charge in [0.05, 0.1) is 17.6 Å². The highest BCUT2D eigenvalue weighted by Crippen LogP contribution is 2.34. The Morgan fingerprint density at radius 1 is 1.25 bits per heavy atom. The summed E-state index contributed by atoms with van der Waals surface area (Å²) < 4.78 is 4.82. The molecule has 0 spiro atoms. The number of nitrogens with zero attached hydrogens (tertiary/aromatic N) is 1. The largest absolute Gasteiger partial charge is 0.465 e. The lowest BCUT2D eigenvalue weighted by Crippen LogP contribution is -2.14. The van der Waals surface area contributed by atoms with Crippen molar-refractivity contribution in [2.75, 3.05) is 12.4 Å². The summed E-state index contributed by atoms with van der Waals surface area (Å²) in [5, 5.41) is 7.78. The van der Waals surface area contributed by atoms with Gasteiger partial charge < -0.3 is 10.1 Å². The van der Waals surface area contributed by atoms with Gasteiger partial charge in [-0.3, -0.25) is 4.79 Å². The van der Waals surface area contributed by atoms with E-state index in [0.717, 1.165) is 20.3 Å². The highest BCUT2D eigenvalue weighted by Gasteiger charge is 2.22. The van der Waals surface area contributed by atoms with E-state index < -0.39 is 5.97 Å². The predicted molar refractivity (Wildman–Crippen MR) is 98.5 cm³/mol. The molecule has 0 aliphatic heterocycles. The number of nitrogens with one attached hydrogen (secondary N) is 1. The molecule has 0 aliphatic carbocycles. The van der Waals surface area contributed by atoms with Crippen molar-refractivity contribution in [3.05, 3.63) is 44.6 Å². The Morgan fingerprint density at radius 3 is 2.71 bits per heavy atom. The van der Waals surface area contributed by atoms with Gasteiger partial charge in [-0.2, -0.15) is 0 Å². The number of ether oxygens (including phenoxy) is 1. The van der Waals surface area contributed by atoms with E-state index in [1.165, 1.54) is 29.8 Å². The minimum atomic E-state index is -0.454. The number of aromatic nitrogens is 1. The van der Waals surface area contributed by atoms with Crippen LogP contribution in [0.25, 0.3) is 9.88 Å². The number of aryl methyl sites for hydroxylation is 1. The molecule has 3 aromatic rings. The van der Waals surface area contributed by atoms with Gasteiger partial charge in [0.25, 0.3) is 5.91 Å². The molecule has 0 bridgehead atoms. The number of thiazole rings is 1. The standard InChI is InChI=1S/C16H14N2O3S3/c1-8-9(2)24-15(12(8)16(20)21-3)18-13(19)10-7-23-14(17-10)11-5-4-6-22-11/h4-7H,1-3H3,(H,18,19). The molecule has 3 rings (SSSR count). The molecular weight excluding hydrogens is 364 g/mol. The smallest absolute Gasteiger partial charge is 0.341 e. The van der Waals surface area contributed by atoms with Gasteiger partial charge in [-0.05, 0) is 30.9 Å². The van der Waals surface area contributed by atoms with Crippen LogP contribution in [0, 0.1) is 13.8 Å². The first-order valence-electron chi connectivity index (χ1n) is 7.00. The van der Waals surface area contributed by atoms with Gasteiger partial charge in [0.15, 0.2) is 0 Å². The third kappa shape index (κ3) is 3.12. The second-order valence-corrected chi connectivity index (χ2v) is 7.98. The van der Waals surface area contributed by atoms with E-state index in [0.29, 0.717) is 16.3 Å². The summed E-state index contributed by atoms with van der Waals surface area (Å²) in [6.07, 6.45) is 0. The number of methoxy groups -OCH3 is 1. The van der Waals surface area contributed by atoms with Crippen LogP contribution in [-0.4, -0.2) is 24.0 Å². The number of hydrogen-bond donors (Lipinski definition) is 1. The van der Waals surface area contributed by atoms with E-state index >= 15 is 0 Å². The molecule has 5 nitrogen and oxygen atoms in total. The molecule has 0 saturated heterocycles. The third-order valence-electron chi connectivity index (χ3n) is 3.47. The zero-order valence-electron chi connectivity index (χ0n) is 13.2. The van der Waals surface area contributed by atoms with Crippen LogP contribution >= 0.6 is 34.0 Å². The van der Waals surface area contributed by atoms with E-state index in [4.69, 9.17) is 4.74 Å². The monoisotopic (exact) mass is 378 g/mol. The van der Waals surface area contributed by atoms with Crippen molar-refractivity contribution in [2.45, 2.75) is 13.8 Å². The quantitative estimate of drug-likeness (QED) is 0.674. The van der Waals surface area contributed by atoms with Crippen LogP contribution < -0.4 is 5.32 Å². The van der Waals surface area contributed by atoms with Gasteiger partial charge in [0.2, 0.25) is 0 Å². The van der Waals surface area contributed by atoms with Crippen LogP contribution in [-0.2, 0) is 4.74 Å². The number of carbonyl (C=O) groups is 2. The van der Waals surface area contributed by atoms with E-state index in [1.54, 1.807) is 16.7 Å². The summed E-state index contributed by atoms with van der Waals surface area (Å²) in [5.41, 5.74) is 1.56. The van der Waals surface area contributed by atoms with Gasteiger partial charge in [-0.1, -0.05) is 6.07 Å². The van der Waals surface area contributed by atoms with Crippen molar-refractivity contribution < 1.29 is 14.3 Å². The molecule has 0 aliphatic rings. The minimum Gasteiger partial charge on any atom is -0.465 e. The van der Waals surface area contributed by atoms with Crippen molar-refractivity contribution >= 4 is 50.9 Å². The van der Waals surface area contributed by atoms with Gasteiger partial charge in [0, 0.05) is 10.3 Å². The Labute approximate surface area is 150 Å². The molecule has 0 aromatic carbocycles. The number of carbonyl (C=O) groups excluding carboxylic acids is 2. The second-order valence-electron chi connectivity index (χ2n) is 4.95. The van der Waals surface area contributed by atoms with E-state index in [-0.39, 0.29) is 5.91 Å². The first-order chi connectivity index (χ1) is 11.5. The molecule has 1 N–H and O–H groups in total. The topological polar surface area (TPSA) is 68.3 Å². The van der Waals surface area contributed by atoms with Crippen molar-refractivity contribution in [1.82, 2.24) is 4.98 Å². The van der Waals surface area contributed by atoms with Gasteiger partial charge in [-0.25, -0.2) is 9.78 Å². The Hall–Kier alpha value is -2.03. The number of rotatable bonds is 4. The molecule has 24 heavy (non-hydrogen) atoms. The Kier molecular flexibility index (Phi) is 4.79. The molecule has 0 saturated carbocycles. The first kappa shape index (κ1) is 16.8. The maximum absolute atomic E-state index is 12.5. The lowest BCUT2D eigenvalue weighted by atomic mass is 10.1. The average molecular weight is 379 g/mol. The number of hydrogen-bond acceptors (Lipinski definition) is 7. The fourth-order valence-corrected chi connectivity index (χ4v) is 4.78. The van der Waals surface area contributed by atoms with Crippen LogP contribution in [0.15, 0.2) is 22.9 Å². The maximum atomic E-state index is 12.5. The highest BCUT2D eigenvalue weighted by atomic mass is 32.1. The van der Waals surface area contributed by atoms with Crippen molar-refractivity contribution in [2.24, 2.45) is 0 Å². The van der Waals surface area contributed by atoms with Crippen LogP contribution in [0.2, 0.25) is 0 Å². The van der Waals surface area contributed by atoms with Gasteiger partial charge >= 0.3 is 5.97 Å². The fourth-order valence-electron chi connectivity index (χ4n) is 2.12. The first-order valence-corrected chi connectivity index (χ1v) is 9.58. The molecule has 3 aromatic heterocycles. The van der Waals surface area contributed by atoms with Gasteiger partial charge in [0.1, 0.15) is 15.7 Å². The summed E-state index contributed by atoms with van der Waals surface area (Å²) in [4.78, 5) is 30.8. The maximum Gasteiger partial charge on any atom is 0.341 e. The Morgan fingerprint density at radius 2 is 2.04 bits per heavy atom. The molecule has 8 heteroatoms. The molecule has 0 radical (unpaired) electrons. The van der Waals surface area contributed by atoms with E-state index in [1.807, 2.05) is 31.4 Å². The van der Waals surface area contributed by atoms with Crippen molar-refractivity contribution in [3.8, 4) is 9.88 Å². The minimum absolute atomic E-state index is 0.333.